The van der Waals surface area contributed by atoms with Gasteiger partial charge in [0.25, 0.3) is 5.91 Å². The predicted octanol–water partition coefficient (Wildman–Crippen LogP) is 3.16. The van der Waals surface area contributed by atoms with Gasteiger partial charge in [-0.1, -0.05) is 26.7 Å². The van der Waals surface area contributed by atoms with Gasteiger partial charge in [0.15, 0.2) is 0 Å². The molecule has 0 aromatic carbocycles. The molecule has 0 aliphatic carbocycles. The molecule has 0 fully saturated rings. The molecule has 1 heterocycles. The highest BCUT2D eigenvalue weighted by atomic mass is 35.5. The van der Waals surface area contributed by atoms with Gasteiger partial charge >= 0.3 is 0 Å². The number of hydrogen-bond acceptors (Lipinski definition) is 2. The van der Waals surface area contributed by atoms with Gasteiger partial charge in [-0.15, -0.1) is 11.6 Å². The lowest BCUT2D eigenvalue weighted by Gasteiger charge is -2.19. The number of nitrogens with zero attached hydrogens (tertiary/aromatic N) is 1. The van der Waals surface area contributed by atoms with Crippen LogP contribution in [0.5, 0.6) is 0 Å². The van der Waals surface area contributed by atoms with E-state index in [1.54, 1.807) is 12.4 Å². The maximum absolute atomic E-state index is 11.9. The lowest BCUT2D eigenvalue weighted by Crippen LogP contribution is -2.33. The quantitative estimate of drug-likeness (QED) is 0.806. The van der Waals surface area contributed by atoms with Crippen LogP contribution in [-0.2, 0) is 0 Å². The Morgan fingerprint density at radius 2 is 2.06 bits per heavy atom. The smallest absolute Gasteiger partial charge is 0.252 e. The van der Waals surface area contributed by atoms with Crippen molar-refractivity contribution in [3.63, 3.8) is 0 Å². The molecule has 0 spiro atoms. The minimum atomic E-state index is -0.109. The first-order valence-corrected chi connectivity index (χ1v) is 6.86. The minimum Gasteiger partial charge on any atom is -0.350 e. The van der Waals surface area contributed by atoms with E-state index >= 15 is 0 Å². The third-order valence-corrected chi connectivity index (χ3v) is 3.67. The fraction of sp³-hybridized carbons (Fsp3) is 0.571. The molecule has 18 heavy (non-hydrogen) atoms. The number of halogens is 1. The summed E-state index contributed by atoms with van der Waals surface area (Å²) >= 11 is 6.28. The average Bonchev–Trinajstić information content (AvgIpc) is 2.37. The van der Waals surface area contributed by atoms with Crippen LogP contribution in [0, 0.1) is 12.8 Å². The van der Waals surface area contributed by atoms with Gasteiger partial charge in [-0.3, -0.25) is 9.78 Å². The average molecular weight is 269 g/mol. The molecule has 3 nitrogen and oxygen atoms in total. The van der Waals surface area contributed by atoms with Crippen molar-refractivity contribution in [1.82, 2.24) is 10.3 Å². The van der Waals surface area contributed by atoms with Gasteiger partial charge in [0, 0.05) is 18.9 Å². The van der Waals surface area contributed by atoms with Crippen LogP contribution in [0.3, 0.4) is 0 Å². The van der Waals surface area contributed by atoms with Gasteiger partial charge < -0.3 is 5.32 Å². The Balaban J connectivity index is 2.51. The second-order valence-electron chi connectivity index (χ2n) is 4.55. The molecule has 0 saturated carbocycles. The summed E-state index contributed by atoms with van der Waals surface area (Å²) in [5.41, 5.74) is 1.56. The van der Waals surface area contributed by atoms with Gasteiger partial charge in [0.05, 0.1) is 10.9 Å². The number of hydrogen-bond donors (Lipinski definition) is 1. The molecule has 1 aromatic heterocycles. The van der Waals surface area contributed by atoms with Gasteiger partial charge in [-0.25, -0.2) is 0 Å². The van der Waals surface area contributed by atoms with E-state index in [0.717, 1.165) is 18.4 Å². The fourth-order valence-corrected chi connectivity index (χ4v) is 2.37. The number of nitrogens with one attached hydrogen (secondary N) is 1. The Hall–Kier alpha value is -1.09. The van der Waals surface area contributed by atoms with E-state index in [4.69, 9.17) is 11.6 Å². The largest absolute Gasteiger partial charge is 0.350 e. The van der Waals surface area contributed by atoms with Crippen LogP contribution in [0.4, 0.5) is 0 Å². The van der Waals surface area contributed by atoms with Crippen LogP contribution in [0.15, 0.2) is 18.5 Å². The number of rotatable bonds is 6. The molecule has 1 aromatic rings. The number of carbonyl (C=O) groups is 1. The maximum Gasteiger partial charge on any atom is 0.252 e. The molecule has 4 heteroatoms. The van der Waals surface area contributed by atoms with Crippen LogP contribution in [0.25, 0.3) is 0 Å². The van der Waals surface area contributed by atoms with Gasteiger partial charge in [-0.05, 0) is 24.5 Å². The van der Waals surface area contributed by atoms with Crippen LogP contribution < -0.4 is 5.32 Å². The molecule has 1 amide bonds. The van der Waals surface area contributed by atoms with Crippen molar-refractivity contribution in [1.29, 1.82) is 0 Å². The van der Waals surface area contributed by atoms with E-state index in [1.807, 2.05) is 13.0 Å². The zero-order valence-corrected chi connectivity index (χ0v) is 12.0. The van der Waals surface area contributed by atoms with Crippen molar-refractivity contribution in [2.75, 3.05) is 6.54 Å². The first-order chi connectivity index (χ1) is 8.58. The molecule has 0 aliphatic rings. The van der Waals surface area contributed by atoms with Gasteiger partial charge in [-0.2, -0.15) is 0 Å². The van der Waals surface area contributed by atoms with Crippen LogP contribution >= 0.6 is 11.6 Å². The van der Waals surface area contributed by atoms with E-state index in [1.165, 1.54) is 0 Å². The molecule has 0 saturated heterocycles. The zero-order chi connectivity index (χ0) is 13.5. The standard InChI is InChI=1S/C14H21ClN2O/c1-4-11(5-2)13(15)9-17-14(18)12-6-10(3)7-16-8-12/h6-8,11,13H,4-5,9H2,1-3H3,(H,17,18). The number of carbonyl (C=O) groups excluding carboxylic acids is 1. The summed E-state index contributed by atoms with van der Waals surface area (Å²) in [4.78, 5) is 15.9. The lowest BCUT2D eigenvalue weighted by molar-refractivity contribution is 0.0951. The van der Waals surface area contributed by atoms with Gasteiger partial charge in [0.2, 0.25) is 0 Å². The third kappa shape index (κ3) is 4.30. The van der Waals surface area contributed by atoms with Crippen LogP contribution in [0.1, 0.15) is 42.6 Å². The molecule has 1 N–H and O–H groups in total. The molecular formula is C14H21ClN2O. The molecule has 0 radical (unpaired) electrons. The number of pyridine rings is 1. The Morgan fingerprint density at radius 1 is 1.39 bits per heavy atom. The minimum absolute atomic E-state index is 0.0123. The van der Waals surface area contributed by atoms with Gasteiger partial charge in [0.1, 0.15) is 0 Å². The summed E-state index contributed by atoms with van der Waals surface area (Å²) in [6.07, 6.45) is 5.37. The summed E-state index contributed by atoms with van der Waals surface area (Å²) in [6, 6.07) is 1.82. The zero-order valence-electron chi connectivity index (χ0n) is 11.2. The van der Waals surface area contributed by atoms with Crippen molar-refractivity contribution < 1.29 is 4.79 Å². The van der Waals surface area contributed by atoms with Crippen molar-refractivity contribution in [3.8, 4) is 0 Å². The second-order valence-corrected chi connectivity index (χ2v) is 5.11. The normalized spacial score (nSPS) is 12.5. The Bertz CT molecular complexity index is 391. The first-order valence-electron chi connectivity index (χ1n) is 6.42. The van der Waals surface area contributed by atoms with Crippen molar-refractivity contribution >= 4 is 17.5 Å². The maximum atomic E-state index is 11.9. The van der Waals surface area contributed by atoms with Crippen molar-refractivity contribution in [3.05, 3.63) is 29.6 Å². The molecule has 1 rings (SSSR count). The molecule has 1 atom stereocenters. The lowest BCUT2D eigenvalue weighted by atomic mass is 9.99. The number of alkyl halides is 1. The van der Waals surface area contributed by atoms with E-state index in [0.29, 0.717) is 18.0 Å². The SMILES string of the molecule is CCC(CC)C(Cl)CNC(=O)c1cncc(C)c1. The molecule has 0 bridgehead atoms. The molecular weight excluding hydrogens is 248 g/mol. The summed E-state index contributed by atoms with van der Waals surface area (Å²) in [6.45, 7) is 6.66. The monoisotopic (exact) mass is 268 g/mol. The summed E-state index contributed by atoms with van der Waals surface area (Å²) in [5, 5.41) is 2.85. The van der Waals surface area contributed by atoms with E-state index in [9.17, 15) is 4.79 Å². The topological polar surface area (TPSA) is 42.0 Å². The number of aryl methyl sites for hydroxylation is 1. The Kier molecular flexibility index (Phi) is 6.13. The highest BCUT2D eigenvalue weighted by Crippen LogP contribution is 2.17. The number of aromatic nitrogens is 1. The molecule has 0 aliphatic heterocycles. The fourth-order valence-electron chi connectivity index (χ4n) is 1.94. The highest BCUT2D eigenvalue weighted by molar-refractivity contribution is 6.21. The molecule has 100 valence electrons. The number of amides is 1. The third-order valence-electron chi connectivity index (χ3n) is 3.16. The highest BCUT2D eigenvalue weighted by Gasteiger charge is 2.16. The Labute approximate surface area is 114 Å². The predicted molar refractivity (Wildman–Crippen MR) is 75.0 cm³/mol. The second kappa shape index (κ2) is 7.37. The van der Waals surface area contributed by atoms with Crippen molar-refractivity contribution in [2.24, 2.45) is 5.92 Å². The van der Waals surface area contributed by atoms with E-state index < -0.39 is 0 Å². The first kappa shape index (κ1) is 15.0. The van der Waals surface area contributed by atoms with Crippen molar-refractivity contribution in [2.45, 2.75) is 39.0 Å². The molecule has 1 unspecified atom stereocenters. The summed E-state index contributed by atoms with van der Waals surface area (Å²) in [7, 11) is 0. The summed E-state index contributed by atoms with van der Waals surface area (Å²) < 4.78 is 0. The van der Waals surface area contributed by atoms with E-state index in [-0.39, 0.29) is 11.3 Å². The van der Waals surface area contributed by atoms with Crippen LogP contribution in [-0.4, -0.2) is 22.8 Å². The Morgan fingerprint density at radius 3 is 2.61 bits per heavy atom. The summed E-state index contributed by atoms with van der Waals surface area (Å²) in [5.74, 6) is 0.338. The van der Waals surface area contributed by atoms with E-state index in [2.05, 4.69) is 24.1 Å². The van der Waals surface area contributed by atoms with Crippen LogP contribution in [0.2, 0.25) is 0 Å².